The van der Waals surface area contributed by atoms with Crippen molar-refractivity contribution in [1.82, 2.24) is 10.3 Å². The number of thioether (sulfide) groups is 1. The Morgan fingerprint density at radius 2 is 2.30 bits per heavy atom. The van der Waals surface area contributed by atoms with Crippen LogP contribution in [0.25, 0.3) is 0 Å². The van der Waals surface area contributed by atoms with E-state index in [0.29, 0.717) is 17.8 Å². The molecule has 0 aliphatic carbocycles. The Hall–Kier alpha value is -0.810. The molecule has 1 aromatic rings. The lowest BCUT2D eigenvalue weighted by atomic mass is 10.1. The van der Waals surface area contributed by atoms with Crippen molar-refractivity contribution in [2.45, 2.75) is 45.0 Å². The molecule has 20 heavy (non-hydrogen) atoms. The Kier molecular flexibility index (Phi) is 5.66. The first kappa shape index (κ1) is 15.6. The molecule has 2 rings (SSSR count). The standard InChI is InChI=1S/C15H24FN3S/c1-4-5-17-9-13-8-14(16)10-18-15(13)19-6-7-20-12(3)11(19)2/h8,10-12,17H,4-7,9H2,1-3H3. The maximum Gasteiger partial charge on any atom is 0.141 e. The van der Waals surface area contributed by atoms with Crippen molar-refractivity contribution in [3.63, 3.8) is 0 Å². The number of hydrogen-bond donors (Lipinski definition) is 1. The quantitative estimate of drug-likeness (QED) is 0.846. The predicted molar refractivity (Wildman–Crippen MR) is 84.9 cm³/mol. The lowest BCUT2D eigenvalue weighted by Gasteiger charge is -2.39. The van der Waals surface area contributed by atoms with Crippen LogP contribution in [0.4, 0.5) is 10.2 Å². The van der Waals surface area contributed by atoms with Gasteiger partial charge in [-0.15, -0.1) is 0 Å². The molecule has 1 aromatic heterocycles. The van der Waals surface area contributed by atoms with Gasteiger partial charge in [0.1, 0.15) is 11.6 Å². The normalized spacial score (nSPS) is 23.1. The Morgan fingerprint density at radius 3 is 3.05 bits per heavy atom. The Labute approximate surface area is 125 Å². The summed E-state index contributed by atoms with van der Waals surface area (Å²) in [6.07, 6.45) is 2.41. The average molecular weight is 297 g/mol. The monoisotopic (exact) mass is 297 g/mol. The van der Waals surface area contributed by atoms with Crippen molar-refractivity contribution < 1.29 is 4.39 Å². The first-order valence-corrected chi connectivity index (χ1v) is 8.41. The van der Waals surface area contributed by atoms with Crippen LogP contribution in [0.1, 0.15) is 32.8 Å². The Morgan fingerprint density at radius 1 is 1.50 bits per heavy atom. The lowest BCUT2D eigenvalue weighted by molar-refractivity contribution is 0.591. The summed E-state index contributed by atoms with van der Waals surface area (Å²) in [4.78, 5) is 6.69. The maximum atomic E-state index is 13.5. The van der Waals surface area contributed by atoms with Gasteiger partial charge in [0.25, 0.3) is 0 Å². The number of aromatic nitrogens is 1. The average Bonchev–Trinajstić information content (AvgIpc) is 2.43. The summed E-state index contributed by atoms with van der Waals surface area (Å²) >= 11 is 2.00. The van der Waals surface area contributed by atoms with Gasteiger partial charge in [-0.1, -0.05) is 13.8 Å². The molecule has 0 saturated carbocycles. The largest absolute Gasteiger partial charge is 0.352 e. The van der Waals surface area contributed by atoms with Crippen LogP contribution >= 0.6 is 11.8 Å². The van der Waals surface area contributed by atoms with E-state index in [1.807, 2.05) is 11.8 Å². The molecule has 2 atom stereocenters. The smallest absolute Gasteiger partial charge is 0.141 e. The van der Waals surface area contributed by atoms with E-state index in [0.717, 1.165) is 36.6 Å². The van der Waals surface area contributed by atoms with E-state index in [1.165, 1.54) is 6.20 Å². The van der Waals surface area contributed by atoms with E-state index in [1.54, 1.807) is 6.07 Å². The second kappa shape index (κ2) is 7.27. The molecule has 1 aliphatic heterocycles. The highest BCUT2D eigenvalue weighted by atomic mass is 32.2. The fourth-order valence-electron chi connectivity index (χ4n) is 2.49. The molecule has 3 nitrogen and oxygen atoms in total. The lowest BCUT2D eigenvalue weighted by Crippen LogP contribution is -2.45. The third-order valence-corrected chi connectivity index (χ3v) is 5.15. The molecule has 1 saturated heterocycles. The topological polar surface area (TPSA) is 28.2 Å². The fourth-order valence-corrected chi connectivity index (χ4v) is 3.59. The zero-order chi connectivity index (χ0) is 14.5. The molecule has 1 N–H and O–H groups in total. The summed E-state index contributed by atoms with van der Waals surface area (Å²) in [5.74, 6) is 1.79. The summed E-state index contributed by atoms with van der Waals surface area (Å²) in [5.41, 5.74) is 0.962. The molecular formula is C15H24FN3S. The van der Waals surface area contributed by atoms with Crippen LogP contribution in [-0.4, -0.2) is 35.1 Å². The second-order valence-corrected chi connectivity index (χ2v) is 6.81. The SMILES string of the molecule is CCCNCc1cc(F)cnc1N1CCSC(C)C1C. The summed E-state index contributed by atoms with van der Waals surface area (Å²) < 4.78 is 13.5. The third kappa shape index (κ3) is 3.64. The van der Waals surface area contributed by atoms with Crippen molar-refractivity contribution in [2.75, 3.05) is 23.7 Å². The molecular weight excluding hydrogens is 273 g/mol. The first-order chi connectivity index (χ1) is 9.63. The number of nitrogens with zero attached hydrogens (tertiary/aromatic N) is 2. The van der Waals surface area contributed by atoms with Gasteiger partial charge in [0, 0.05) is 35.7 Å². The van der Waals surface area contributed by atoms with Crippen LogP contribution in [0.5, 0.6) is 0 Å². The summed E-state index contributed by atoms with van der Waals surface area (Å²) in [7, 11) is 0. The molecule has 2 unspecified atom stereocenters. The van der Waals surface area contributed by atoms with Crippen LogP contribution in [0, 0.1) is 5.82 Å². The van der Waals surface area contributed by atoms with Crippen molar-refractivity contribution in [2.24, 2.45) is 0 Å². The minimum Gasteiger partial charge on any atom is -0.352 e. The van der Waals surface area contributed by atoms with E-state index in [4.69, 9.17) is 0 Å². The minimum atomic E-state index is -0.255. The summed E-state index contributed by atoms with van der Waals surface area (Å²) in [6.45, 7) is 9.21. The molecule has 0 aromatic carbocycles. The molecule has 0 radical (unpaired) electrons. The van der Waals surface area contributed by atoms with Gasteiger partial charge in [0.05, 0.1) is 6.20 Å². The van der Waals surface area contributed by atoms with Gasteiger partial charge < -0.3 is 10.2 Å². The van der Waals surface area contributed by atoms with Crippen LogP contribution in [0.2, 0.25) is 0 Å². The number of halogens is 1. The molecule has 0 bridgehead atoms. The van der Waals surface area contributed by atoms with Gasteiger partial charge in [-0.2, -0.15) is 11.8 Å². The third-order valence-electron chi connectivity index (χ3n) is 3.81. The maximum absolute atomic E-state index is 13.5. The second-order valence-electron chi connectivity index (χ2n) is 5.32. The first-order valence-electron chi connectivity index (χ1n) is 7.37. The minimum absolute atomic E-state index is 0.255. The zero-order valence-corrected chi connectivity index (χ0v) is 13.3. The molecule has 1 fully saturated rings. The summed E-state index contributed by atoms with van der Waals surface area (Å²) in [6, 6.07) is 2.04. The van der Waals surface area contributed by atoms with Crippen LogP contribution < -0.4 is 10.2 Å². The van der Waals surface area contributed by atoms with E-state index < -0.39 is 0 Å². The Balaban J connectivity index is 2.20. The number of nitrogens with one attached hydrogen (secondary N) is 1. The molecule has 2 heterocycles. The van der Waals surface area contributed by atoms with Gasteiger partial charge in [-0.3, -0.25) is 0 Å². The molecule has 0 spiro atoms. The Bertz CT molecular complexity index is 441. The number of hydrogen-bond acceptors (Lipinski definition) is 4. The van der Waals surface area contributed by atoms with Crippen molar-refractivity contribution in [1.29, 1.82) is 0 Å². The number of pyridine rings is 1. The number of anilines is 1. The van der Waals surface area contributed by atoms with Crippen LogP contribution in [0.3, 0.4) is 0 Å². The molecule has 5 heteroatoms. The highest BCUT2D eigenvalue weighted by molar-refractivity contribution is 8.00. The van der Waals surface area contributed by atoms with Gasteiger partial charge in [-0.05, 0) is 26.0 Å². The van der Waals surface area contributed by atoms with Crippen molar-refractivity contribution in [3.8, 4) is 0 Å². The zero-order valence-electron chi connectivity index (χ0n) is 12.5. The van der Waals surface area contributed by atoms with E-state index in [2.05, 4.69) is 36.0 Å². The van der Waals surface area contributed by atoms with E-state index >= 15 is 0 Å². The van der Waals surface area contributed by atoms with Gasteiger partial charge in [-0.25, -0.2) is 9.37 Å². The summed E-state index contributed by atoms with van der Waals surface area (Å²) in [5, 5.41) is 3.92. The van der Waals surface area contributed by atoms with Crippen molar-refractivity contribution in [3.05, 3.63) is 23.6 Å². The van der Waals surface area contributed by atoms with Gasteiger partial charge >= 0.3 is 0 Å². The highest BCUT2D eigenvalue weighted by Gasteiger charge is 2.27. The molecule has 112 valence electrons. The van der Waals surface area contributed by atoms with Gasteiger partial charge in [0.2, 0.25) is 0 Å². The van der Waals surface area contributed by atoms with Gasteiger partial charge in [0.15, 0.2) is 0 Å². The molecule has 1 aliphatic rings. The van der Waals surface area contributed by atoms with Crippen molar-refractivity contribution >= 4 is 17.6 Å². The molecule has 0 amide bonds. The number of rotatable bonds is 5. The fraction of sp³-hybridized carbons (Fsp3) is 0.667. The van der Waals surface area contributed by atoms with E-state index in [9.17, 15) is 4.39 Å². The van der Waals surface area contributed by atoms with E-state index in [-0.39, 0.29) is 5.82 Å². The van der Waals surface area contributed by atoms with Crippen LogP contribution in [0.15, 0.2) is 12.3 Å². The predicted octanol–water partition coefficient (Wildman–Crippen LogP) is 3.05. The van der Waals surface area contributed by atoms with Crippen LogP contribution in [-0.2, 0) is 6.54 Å². The highest BCUT2D eigenvalue weighted by Crippen LogP contribution is 2.30.